The van der Waals surface area contributed by atoms with Crippen molar-refractivity contribution in [3.8, 4) is 5.75 Å². The zero-order valence-corrected chi connectivity index (χ0v) is 16.4. The lowest BCUT2D eigenvalue weighted by Gasteiger charge is -2.34. The highest BCUT2D eigenvalue weighted by atomic mass is 32.1. The van der Waals surface area contributed by atoms with E-state index in [0.29, 0.717) is 6.04 Å². The van der Waals surface area contributed by atoms with E-state index in [1.165, 1.54) is 16.2 Å². The fourth-order valence-electron chi connectivity index (χ4n) is 3.96. The minimum Gasteiger partial charge on any atom is -0.489 e. The van der Waals surface area contributed by atoms with Crippen molar-refractivity contribution in [3.63, 3.8) is 0 Å². The molecule has 0 spiro atoms. The molecular weight excluding hydrogens is 320 g/mol. The minimum atomic E-state index is -0.422. The van der Waals surface area contributed by atoms with Gasteiger partial charge in [0.1, 0.15) is 11.9 Å². The van der Waals surface area contributed by atoms with Crippen molar-refractivity contribution in [1.29, 1.82) is 0 Å². The Hall–Kier alpha value is -0.750. The van der Waals surface area contributed by atoms with Gasteiger partial charge in [-0.2, -0.15) is 17.7 Å². The monoisotopic (exact) mass is 350 g/mol. The molecule has 0 saturated heterocycles. The number of nitrogens with one attached hydrogen (secondary N) is 1. The molecule has 0 amide bonds. The Kier molecular flexibility index (Phi) is 4.44. The predicted octanol–water partition coefficient (Wildman–Crippen LogP) is 3.46. The highest BCUT2D eigenvalue weighted by molar-refractivity contribution is 7.81. The summed E-state index contributed by atoms with van der Waals surface area (Å²) in [4.78, 5) is 0. The molecule has 134 valence electrons. The van der Waals surface area contributed by atoms with Gasteiger partial charge in [-0.1, -0.05) is 13.8 Å². The van der Waals surface area contributed by atoms with Crippen LogP contribution >= 0.6 is 12.6 Å². The summed E-state index contributed by atoms with van der Waals surface area (Å²) in [6.45, 7) is 13.3. The largest absolute Gasteiger partial charge is 0.489 e. The van der Waals surface area contributed by atoms with Crippen LogP contribution in [0.2, 0.25) is 0 Å². The van der Waals surface area contributed by atoms with E-state index in [0.717, 1.165) is 24.3 Å². The molecule has 2 N–H and O–H groups in total. The molecule has 0 fully saturated rings. The Morgan fingerprint density at radius 3 is 2.42 bits per heavy atom. The second kappa shape index (κ2) is 5.90. The normalized spacial score (nSPS) is 25.5. The second-order valence-corrected chi connectivity index (χ2v) is 9.09. The maximum Gasteiger partial charge on any atom is 0.123 e. The molecule has 1 aromatic rings. The van der Waals surface area contributed by atoms with E-state index in [1.54, 1.807) is 0 Å². The topological polar surface area (TPSA) is 44.7 Å². The van der Waals surface area contributed by atoms with Crippen LogP contribution in [0.15, 0.2) is 12.1 Å². The molecule has 1 aromatic carbocycles. The van der Waals surface area contributed by atoms with Gasteiger partial charge in [-0.3, -0.25) is 0 Å². The minimum absolute atomic E-state index is 0.0913. The summed E-state index contributed by atoms with van der Waals surface area (Å²) in [6, 6.07) is 4.79. The third-order valence-electron chi connectivity index (χ3n) is 5.44. The van der Waals surface area contributed by atoms with Crippen molar-refractivity contribution in [3.05, 3.63) is 28.8 Å². The molecule has 0 bridgehead atoms. The maximum atomic E-state index is 10.6. The first-order chi connectivity index (χ1) is 11.0. The van der Waals surface area contributed by atoms with Gasteiger partial charge in [-0.25, -0.2) is 0 Å². The van der Waals surface area contributed by atoms with Gasteiger partial charge in [0.05, 0.1) is 16.3 Å². The molecule has 0 aliphatic carbocycles. The summed E-state index contributed by atoms with van der Waals surface area (Å²) < 4.78 is 6.21. The van der Waals surface area contributed by atoms with Crippen LogP contribution in [0.1, 0.15) is 58.2 Å². The summed E-state index contributed by atoms with van der Waals surface area (Å²) in [6.07, 6.45) is 0.965. The van der Waals surface area contributed by atoms with E-state index in [1.807, 2.05) is 13.8 Å². The van der Waals surface area contributed by atoms with Gasteiger partial charge in [0.25, 0.3) is 0 Å². The number of benzene rings is 1. The van der Waals surface area contributed by atoms with Crippen molar-refractivity contribution in [2.45, 2.75) is 76.4 Å². The quantitative estimate of drug-likeness (QED) is 0.728. The van der Waals surface area contributed by atoms with Crippen molar-refractivity contribution in [1.82, 2.24) is 10.4 Å². The van der Waals surface area contributed by atoms with Crippen LogP contribution in [-0.4, -0.2) is 34.2 Å². The summed E-state index contributed by atoms with van der Waals surface area (Å²) in [5.41, 5.74) is 2.74. The van der Waals surface area contributed by atoms with Crippen LogP contribution in [0, 0.1) is 0 Å². The first kappa shape index (κ1) is 18.1. The summed E-state index contributed by atoms with van der Waals surface area (Å²) in [5.74, 6) is 0.946. The first-order valence-electron chi connectivity index (χ1n) is 8.80. The highest BCUT2D eigenvalue weighted by Crippen LogP contribution is 2.51. The number of thiol groups is 1. The van der Waals surface area contributed by atoms with Gasteiger partial charge in [0.2, 0.25) is 0 Å². The highest BCUT2D eigenvalue weighted by Gasteiger charge is 2.50. The molecule has 0 aromatic heterocycles. The number of ether oxygens (including phenoxy) is 1. The number of nitrogens with zero attached hydrogens (tertiary/aromatic N) is 1. The number of hydroxylamine groups is 2. The molecule has 2 aliphatic heterocycles. The molecular formula is C19H30N2O2S. The number of rotatable bonds is 4. The SMILES string of the molecule is CC(C)NCC(S)C1Cc2cc3c(cc2O1)C(C)(C)N(O)C3(C)C. The van der Waals surface area contributed by atoms with E-state index in [-0.39, 0.29) is 11.4 Å². The maximum absolute atomic E-state index is 10.6. The van der Waals surface area contributed by atoms with Crippen molar-refractivity contribution < 1.29 is 9.94 Å². The first-order valence-corrected chi connectivity index (χ1v) is 9.32. The fraction of sp³-hybridized carbons (Fsp3) is 0.684. The van der Waals surface area contributed by atoms with Crippen LogP contribution in [0.25, 0.3) is 0 Å². The number of hydrogen-bond acceptors (Lipinski definition) is 5. The molecule has 24 heavy (non-hydrogen) atoms. The van der Waals surface area contributed by atoms with Gasteiger partial charge >= 0.3 is 0 Å². The Morgan fingerprint density at radius 1 is 1.25 bits per heavy atom. The molecule has 2 aliphatic rings. The van der Waals surface area contributed by atoms with E-state index < -0.39 is 11.1 Å². The van der Waals surface area contributed by atoms with Crippen molar-refractivity contribution in [2.24, 2.45) is 0 Å². The lowest BCUT2D eigenvalue weighted by atomic mass is 9.88. The molecule has 2 heterocycles. The van der Waals surface area contributed by atoms with E-state index in [4.69, 9.17) is 17.4 Å². The van der Waals surface area contributed by atoms with E-state index in [9.17, 15) is 5.21 Å². The molecule has 4 nitrogen and oxygen atoms in total. The molecule has 2 unspecified atom stereocenters. The molecule has 3 rings (SSSR count). The van der Waals surface area contributed by atoms with Crippen LogP contribution in [0.3, 0.4) is 0 Å². The predicted molar refractivity (Wildman–Crippen MR) is 100 cm³/mol. The zero-order chi connectivity index (χ0) is 17.9. The van der Waals surface area contributed by atoms with Gasteiger partial charge < -0.3 is 15.3 Å². The van der Waals surface area contributed by atoms with Crippen LogP contribution in [-0.2, 0) is 17.5 Å². The summed E-state index contributed by atoms with van der Waals surface area (Å²) in [5, 5.41) is 15.7. The molecule has 2 atom stereocenters. The zero-order valence-electron chi connectivity index (χ0n) is 15.6. The Labute approximate surface area is 150 Å². The van der Waals surface area contributed by atoms with Gasteiger partial charge in [-0.05, 0) is 56.5 Å². The van der Waals surface area contributed by atoms with Crippen molar-refractivity contribution >= 4 is 12.6 Å². The number of fused-ring (bicyclic) bond motifs is 2. The molecule has 0 radical (unpaired) electrons. The van der Waals surface area contributed by atoms with Crippen LogP contribution in [0.4, 0.5) is 0 Å². The lowest BCUT2D eigenvalue weighted by molar-refractivity contribution is -0.216. The van der Waals surface area contributed by atoms with Crippen molar-refractivity contribution in [2.75, 3.05) is 6.54 Å². The fourth-order valence-corrected chi connectivity index (χ4v) is 4.23. The lowest BCUT2D eigenvalue weighted by Crippen LogP contribution is -2.42. The van der Waals surface area contributed by atoms with E-state index >= 15 is 0 Å². The summed E-state index contributed by atoms with van der Waals surface area (Å²) in [7, 11) is 0. The summed E-state index contributed by atoms with van der Waals surface area (Å²) >= 11 is 4.74. The number of hydrogen-bond donors (Lipinski definition) is 3. The van der Waals surface area contributed by atoms with Gasteiger partial charge in [0.15, 0.2) is 0 Å². The van der Waals surface area contributed by atoms with Crippen LogP contribution in [0.5, 0.6) is 5.75 Å². The average Bonchev–Trinajstić information content (AvgIpc) is 2.97. The standard InChI is InChI=1S/C19H30N2O2S/c1-11(2)20-10-17(24)16-8-12-7-13-14(9-15(12)23-16)19(5,6)21(22)18(13,3)4/h7,9,11,16-17,20,22,24H,8,10H2,1-6H3. The van der Waals surface area contributed by atoms with Gasteiger partial charge in [-0.15, -0.1) is 0 Å². The second-order valence-electron chi connectivity index (χ2n) is 8.43. The Balaban J connectivity index is 1.86. The Bertz CT molecular complexity index is 597. The average molecular weight is 351 g/mol. The van der Waals surface area contributed by atoms with Crippen LogP contribution < -0.4 is 10.1 Å². The Morgan fingerprint density at radius 2 is 1.83 bits per heavy atom. The molecule has 0 saturated carbocycles. The third-order valence-corrected chi connectivity index (χ3v) is 5.96. The smallest absolute Gasteiger partial charge is 0.123 e. The van der Waals surface area contributed by atoms with Gasteiger partial charge in [0, 0.05) is 19.0 Å². The van der Waals surface area contributed by atoms with E-state index in [2.05, 4.69) is 45.1 Å². The third kappa shape index (κ3) is 2.75. The molecule has 5 heteroatoms.